The minimum Gasteiger partial charge on any atom is -0.455 e. The van der Waals surface area contributed by atoms with E-state index >= 15 is 0 Å². The van der Waals surface area contributed by atoms with Crippen LogP contribution in [0.15, 0.2) is 35.5 Å². The van der Waals surface area contributed by atoms with Crippen LogP contribution in [0.3, 0.4) is 0 Å². The number of aldehydes is 1. The molecule has 0 bridgehead atoms. The topological polar surface area (TPSA) is 109 Å². The molecular weight excluding hydrogens is 392 g/mol. The molecule has 2 heterocycles. The van der Waals surface area contributed by atoms with Crippen molar-refractivity contribution in [2.45, 2.75) is 70.6 Å². The fourth-order valence-electron chi connectivity index (χ4n) is 3.81. The predicted octanol–water partition coefficient (Wildman–Crippen LogP) is 1.97. The molecule has 0 aromatic heterocycles. The number of hydrogen-bond donors (Lipinski definition) is 0. The summed E-state index contributed by atoms with van der Waals surface area (Å²) in [7, 11) is 0. The van der Waals surface area contributed by atoms with E-state index in [0.717, 1.165) is 5.57 Å². The van der Waals surface area contributed by atoms with Crippen LogP contribution in [0.1, 0.15) is 40.5 Å². The van der Waals surface area contributed by atoms with Crippen molar-refractivity contribution in [3.8, 4) is 0 Å². The van der Waals surface area contributed by atoms with E-state index in [2.05, 4.69) is 6.58 Å². The molecule has 0 amide bonds. The summed E-state index contributed by atoms with van der Waals surface area (Å²) in [6.45, 7) is 10.2. The van der Waals surface area contributed by atoms with Gasteiger partial charge in [-0.25, -0.2) is 9.59 Å². The van der Waals surface area contributed by atoms with Gasteiger partial charge in [0.1, 0.15) is 12.4 Å². The lowest BCUT2D eigenvalue weighted by Crippen LogP contribution is -2.47. The van der Waals surface area contributed by atoms with Crippen molar-refractivity contribution in [3.05, 3.63) is 35.5 Å². The highest BCUT2D eigenvalue weighted by molar-refractivity contribution is 5.92. The molecule has 2 fully saturated rings. The number of carbonyl (C=O) groups is 4. The Morgan fingerprint density at radius 1 is 1.33 bits per heavy atom. The van der Waals surface area contributed by atoms with Gasteiger partial charge in [-0.1, -0.05) is 18.2 Å². The molecule has 8 nitrogen and oxygen atoms in total. The molecule has 0 aromatic rings. The van der Waals surface area contributed by atoms with E-state index in [1.165, 1.54) is 6.92 Å². The van der Waals surface area contributed by atoms with Gasteiger partial charge in [-0.3, -0.25) is 9.59 Å². The molecule has 0 spiro atoms. The number of hydrogen-bond acceptors (Lipinski definition) is 8. The summed E-state index contributed by atoms with van der Waals surface area (Å²) in [5, 5.41) is 0. The van der Waals surface area contributed by atoms with Crippen LogP contribution in [0.4, 0.5) is 0 Å². The summed E-state index contributed by atoms with van der Waals surface area (Å²) in [5.41, 5.74) is 0.0297. The fourth-order valence-corrected chi connectivity index (χ4v) is 3.81. The van der Waals surface area contributed by atoms with E-state index in [0.29, 0.717) is 19.1 Å². The maximum Gasteiger partial charge on any atom is 0.341 e. The lowest BCUT2D eigenvalue weighted by atomic mass is 9.83. The molecule has 30 heavy (non-hydrogen) atoms. The highest BCUT2D eigenvalue weighted by Gasteiger charge is 2.59. The first kappa shape index (κ1) is 22.0. The number of carbonyl (C=O) groups excluding carboxylic acids is 4. The lowest BCUT2D eigenvalue weighted by Gasteiger charge is -2.33. The zero-order valence-corrected chi connectivity index (χ0v) is 17.5. The predicted molar refractivity (Wildman–Crippen MR) is 104 cm³/mol. The van der Waals surface area contributed by atoms with Crippen molar-refractivity contribution in [2.75, 3.05) is 0 Å². The molecule has 0 saturated carbocycles. The second-order valence-electron chi connectivity index (χ2n) is 8.06. The molecule has 6 atom stereocenters. The molecule has 0 unspecified atom stereocenters. The van der Waals surface area contributed by atoms with Crippen LogP contribution in [-0.4, -0.2) is 54.2 Å². The number of fused-ring (bicyclic) bond motifs is 1. The van der Waals surface area contributed by atoms with Gasteiger partial charge >= 0.3 is 17.9 Å². The molecule has 2 saturated heterocycles. The number of esters is 3. The maximum absolute atomic E-state index is 12.9. The van der Waals surface area contributed by atoms with Gasteiger partial charge in [0.25, 0.3) is 0 Å². The standard InChI is InChI=1S/C22H26O8/c1-11-7-6-8-15(10-23)18(27-14(4)24)19(29-21(26)22(5)13(3)30-22)17-12(2)20(25)28-16(17)9-11/h8-10,13,16-19H,2,6-7H2,1,3-5H3/b11-9-,15-8-/t13-,16+,17-,18-,19-,22+/m0/s1. The summed E-state index contributed by atoms with van der Waals surface area (Å²) in [6.07, 6.45) is 1.59. The van der Waals surface area contributed by atoms with Crippen LogP contribution in [0.5, 0.6) is 0 Å². The first-order valence-electron chi connectivity index (χ1n) is 9.87. The number of rotatable bonds is 4. The molecule has 0 radical (unpaired) electrons. The Balaban J connectivity index is 2.09. The second kappa shape index (κ2) is 8.18. The van der Waals surface area contributed by atoms with E-state index in [-0.39, 0.29) is 17.3 Å². The van der Waals surface area contributed by atoms with Crippen molar-refractivity contribution in [3.63, 3.8) is 0 Å². The van der Waals surface area contributed by atoms with Crippen LogP contribution in [0, 0.1) is 5.92 Å². The monoisotopic (exact) mass is 418 g/mol. The molecule has 3 rings (SSSR count). The van der Waals surface area contributed by atoms with Crippen LogP contribution in [0.2, 0.25) is 0 Å². The first-order valence-corrected chi connectivity index (χ1v) is 9.87. The van der Waals surface area contributed by atoms with E-state index in [1.807, 2.05) is 6.92 Å². The summed E-state index contributed by atoms with van der Waals surface area (Å²) in [5.74, 6) is -2.80. The third-order valence-corrected chi connectivity index (χ3v) is 5.83. The normalized spacial score (nSPS) is 39.4. The molecular formula is C22H26O8. The van der Waals surface area contributed by atoms with Crippen molar-refractivity contribution in [1.29, 1.82) is 0 Å². The van der Waals surface area contributed by atoms with Crippen LogP contribution < -0.4 is 0 Å². The Hall–Kier alpha value is -2.74. The summed E-state index contributed by atoms with van der Waals surface area (Å²) in [4.78, 5) is 48.9. The first-order chi connectivity index (χ1) is 14.1. The van der Waals surface area contributed by atoms with Crippen molar-refractivity contribution in [1.82, 2.24) is 0 Å². The Morgan fingerprint density at radius 2 is 2.00 bits per heavy atom. The highest BCUT2D eigenvalue weighted by atomic mass is 16.7. The van der Waals surface area contributed by atoms with Crippen LogP contribution in [0.25, 0.3) is 0 Å². The summed E-state index contributed by atoms with van der Waals surface area (Å²) >= 11 is 0. The van der Waals surface area contributed by atoms with Crippen molar-refractivity contribution >= 4 is 24.2 Å². The second-order valence-corrected chi connectivity index (χ2v) is 8.06. The molecule has 8 heteroatoms. The van der Waals surface area contributed by atoms with Gasteiger partial charge in [-0.05, 0) is 39.7 Å². The zero-order valence-electron chi connectivity index (χ0n) is 17.5. The minimum atomic E-state index is -1.22. The van der Waals surface area contributed by atoms with Gasteiger partial charge in [-0.15, -0.1) is 0 Å². The van der Waals surface area contributed by atoms with Gasteiger partial charge in [-0.2, -0.15) is 0 Å². The SMILES string of the molecule is C=C1C(=O)O[C@@H]2/C=C(/C)CC/C=C(/C=O)[C@H](OC(C)=O)[C@@H](OC(=O)[C@]3(C)O[C@H]3C)[C@@H]12. The fraction of sp³-hybridized carbons (Fsp3) is 0.545. The lowest BCUT2D eigenvalue weighted by molar-refractivity contribution is -0.172. The average Bonchev–Trinajstić information content (AvgIpc) is 3.20. The average molecular weight is 418 g/mol. The molecule has 1 aliphatic carbocycles. The molecule has 162 valence electrons. The van der Waals surface area contributed by atoms with Gasteiger partial charge in [0, 0.05) is 18.1 Å². The largest absolute Gasteiger partial charge is 0.455 e. The van der Waals surface area contributed by atoms with Crippen LogP contribution in [-0.2, 0) is 38.1 Å². The smallest absolute Gasteiger partial charge is 0.341 e. The van der Waals surface area contributed by atoms with Crippen molar-refractivity contribution < 1.29 is 38.1 Å². The Bertz CT molecular complexity index is 853. The van der Waals surface area contributed by atoms with Gasteiger partial charge in [0.2, 0.25) is 0 Å². The molecule has 2 aliphatic heterocycles. The van der Waals surface area contributed by atoms with Crippen molar-refractivity contribution in [2.24, 2.45) is 5.92 Å². The number of ether oxygens (including phenoxy) is 4. The Labute approximate surface area is 174 Å². The highest BCUT2D eigenvalue weighted by Crippen LogP contribution is 2.41. The minimum absolute atomic E-state index is 0.0831. The third kappa shape index (κ3) is 4.09. The Morgan fingerprint density at radius 3 is 2.57 bits per heavy atom. The molecule has 0 aromatic carbocycles. The molecule has 3 aliphatic rings. The maximum atomic E-state index is 12.9. The molecule has 0 N–H and O–H groups in total. The van der Waals surface area contributed by atoms with E-state index in [1.54, 1.807) is 26.0 Å². The summed E-state index contributed by atoms with van der Waals surface area (Å²) < 4.78 is 22.0. The van der Waals surface area contributed by atoms with Gasteiger partial charge < -0.3 is 18.9 Å². The van der Waals surface area contributed by atoms with E-state index < -0.39 is 47.7 Å². The van der Waals surface area contributed by atoms with Gasteiger partial charge in [0.05, 0.1) is 12.0 Å². The summed E-state index contributed by atoms with van der Waals surface area (Å²) in [6, 6.07) is 0. The van der Waals surface area contributed by atoms with E-state index in [4.69, 9.17) is 18.9 Å². The third-order valence-electron chi connectivity index (χ3n) is 5.83. The quantitative estimate of drug-likeness (QED) is 0.170. The van der Waals surface area contributed by atoms with Gasteiger partial charge in [0.15, 0.2) is 17.8 Å². The number of epoxide rings is 1. The zero-order chi connectivity index (χ0) is 22.2. The number of allylic oxidation sites excluding steroid dienone is 2. The van der Waals surface area contributed by atoms with E-state index in [9.17, 15) is 19.2 Å². The Kier molecular flexibility index (Phi) is 5.99. The van der Waals surface area contributed by atoms with Crippen LogP contribution >= 0.6 is 0 Å².